The summed E-state index contributed by atoms with van der Waals surface area (Å²) in [4.78, 5) is 2.40. The summed E-state index contributed by atoms with van der Waals surface area (Å²) in [5, 5.41) is 4.82. The van der Waals surface area contributed by atoms with Gasteiger partial charge in [-0.15, -0.1) is 11.3 Å². The summed E-state index contributed by atoms with van der Waals surface area (Å²) < 4.78 is 9.40. The molecule has 0 bridgehead atoms. The topological polar surface area (TPSA) is 16.4 Å². The normalized spacial score (nSPS) is 11.5. The molecule has 2 nitrogen and oxygen atoms in total. The molecule has 9 aromatic carbocycles. The average Bonchev–Trinajstić information content (AvgIpc) is 3.86. The number of anilines is 3. The van der Waals surface area contributed by atoms with Gasteiger partial charge in [-0.1, -0.05) is 170 Å². The lowest BCUT2D eigenvalue weighted by molar-refractivity contribution is 0.669. The van der Waals surface area contributed by atoms with Crippen molar-refractivity contribution in [3.05, 3.63) is 212 Å². The van der Waals surface area contributed by atoms with Crippen molar-refractivity contribution in [1.29, 1.82) is 0 Å². The van der Waals surface area contributed by atoms with Crippen molar-refractivity contribution in [1.82, 2.24) is 0 Å². The van der Waals surface area contributed by atoms with Crippen LogP contribution in [0.15, 0.2) is 217 Å². The highest BCUT2D eigenvalue weighted by atomic mass is 32.1. The fourth-order valence-electron chi connectivity index (χ4n) is 8.46. The number of fused-ring (bicyclic) bond motifs is 6. The highest BCUT2D eigenvalue weighted by molar-refractivity contribution is 7.25. The first-order valence-corrected chi connectivity index (χ1v) is 20.2. The van der Waals surface area contributed by atoms with Gasteiger partial charge in [0.05, 0.1) is 11.4 Å². The molecule has 268 valence electrons. The van der Waals surface area contributed by atoms with E-state index in [9.17, 15) is 0 Å². The smallest absolute Gasteiger partial charge is 0.159 e. The minimum atomic E-state index is 0.852. The zero-order valence-electron chi connectivity index (χ0n) is 31.0. The molecule has 0 saturated heterocycles. The van der Waals surface area contributed by atoms with Crippen molar-refractivity contribution in [2.24, 2.45) is 0 Å². The molecule has 0 aliphatic carbocycles. The van der Waals surface area contributed by atoms with Crippen LogP contribution in [0.3, 0.4) is 0 Å². The number of nitrogens with zero attached hydrogens (tertiary/aromatic N) is 1. The number of rotatable bonds is 7. The van der Waals surface area contributed by atoms with Crippen LogP contribution in [0.4, 0.5) is 17.1 Å². The lowest BCUT2D eigenvalue weighted by Gasteiger charge is -2.30. The summed E-state index contributed by atoms with van der Waals surface area (Å²) in [6.07, 6.45) is 0. The van der Waals surface area contributed by atoms with Crippen LogP contribution in [-0.4, -0.2) is 0 Å². The molecular formula is C54H35NOS. The molecule has 11 rings (SSSR count). The number of para-hydroxylation sites is 2. The highest BCUT2D eigenvalue weighted by Gasteiger charge is 2.25. The predicted octanol–water partition coefficient (Wildman–Crippen LogP) is 16.1. The fourth-order valence-corrected chi connectivity index (χ4v) is 9.61. The van der Waals surface area contributed by atoms with Gasteiger partial charge in [-0.25, -0.2) is 0 Å². The molecule has 3 heteroatoms. The van der Waals surface area contributed by atoms with E-state index < -0.39 is 0 Å². The largest absolute Gasteiger partial charge is 0.454 e. The Morgan fingerprint density at radius 3 is 1.74 bits per heavy atom. The number of hydrogen-bond acceptors (Lipinski definition) is 3. The summed E-state index contributed by atoms with van der Waals surface area (Å²) in [6, 6.07) is 76.4. The Morgan fingerprint density at radius 2 is 0.930 bits per heavy atom. The van der Waals surface area contributed by atoms with E-state index in [1.54, 1.807) is 0 Å². The maximum absolute atomic E-state index is 6.78. The van der Waals surface area contributed by atoms with E-state index >= 15 is 0 Å². The third kappa shape index (κ3) is 5.71. The second-order valence-corrected chi connectivity index (χ2v) is 15.5. The maximum Gasteiger partial charge on any atom is 0.159 e. The first-order chi connectivity index (χ1) is 28.3. The standard InChI is InChI=1S/C54H35NOS/c1-3-15-37(16-4-1)41-19-7-8-22-46(41)53-42(38-17-5-2-6-18-38)23-13-25-48(53)55(49-26-14-24-47-43-20-9-11-27-50(43)56-54(47)49)40-32-29-36(30-33-40)39-31-34-45-44-21-10-12-28-51(44)57-52(45)35-39/h1-35H. The van der Waals surface area contributed by atoms with Crippen LogP contribution >= 0.6 is 11.3 Å². The van der Waals surface area contributed by atoms with Gasteiger partial charge in [0.15, 0.2) is 5.58 Å². The maximum atomic E-state index is 6.78. The molecule has 57 heavy (non-hydrogen) atoms. The first kappa shape index (κ1) is 33.2. The van der Waals surface area contributed by atoms with Crippen LogP contribution in [0.5, 0.6) is 0 Å². The molecule has 0 spiro atoms. The van der Waals surface area contributed by atoms with E-state index in [1.165, 1.54) is 42.4 Å². The Labute approximate surface area is 335 Å². The third-order valence-corrected chi connectivity index (χ3v) is 12.2. The average molecular weight is 746 g/mol. The zero-order valence-corrected chi connectivity index (χ0v) is 31.8. The summed E-state index contributed by atoms with van der Waals surface area (Å²) in [6.45, 7) is 0. The molecule has 0 aliphatic rings. The predicted molar refractivity (Wildman–Crippen MR) is 243 cm³/mol. The second-order valence-electron chi connectivity index (χ2n) is 14.4. The van der Waals surface area contributed by atoms with E-state index in [-0.39, 0.29) is 0 Å². The third-order valence-electron chi connectivity index (χ3n) is 11.1. The quantitative estimate of drug-likeness (QED) is 0.162. The van der Waals surface area contributed by atoms with Gasteiger partial charge in [0.2, 0.25) is 0 Å². The highest BCUT2D eigenvalue weighted by Crippen LogP contribution is 2.50. The number of benzene rings is 9. The van der Waals surface area contributed by atoms with Crippen LogP contribution < -0.4 is 4.90 Å². The van der Waals surface area contributed by atoms with E-state index in [4.69, 9.17) is 4.42 Å². The van der Waals surface area contributed by atoms with Gasteiger partial charge in [-0.2, -0.15) is 0 Å². The monoisotopic (exact) mass is 745 g/mol. The van der Waals surface area contributed by atoms with Crippen molar-refractivity contribution in [2.75, 3.05) is 4.90 Å². The number of furan rings is 1. The number of hydrogen-bond donors (Lipinski definition) is 0. The second kappa shape index (κ2) is 13.8. The molecule has 11 aromatic rings. The molecular weight excluding hydrogens is 711 g/mol. The molecule has 0 saturated carbocycles. The van der Waals surface area contributed by atoms with Crippen molar-refractivity contribution < 1.29 is 4.42 Å². The van der Waals surface area contributed by atoms with Crippen LogP contribution in [0.1, 0.15) is 0 Å². The van der Waals surface area contributed by atoms with E-state index in [0.29, 0.717) is 0 Å². The summed E-state index contributed by atoms with van der Waals surface area (Å²) >= 11 is 1.86. The molecule has 0 aliphatic heterocycles. The molecule has 0 radical (unpaired) electrons. The van der Waals surface area contributed by atoms with Gasteiger partial charge in [0.25, 0.3) is 0 Å². The van der Waals surface area contributed by atoms with Gasteiger partial charge >= 0.3 is 0 Å². The zero-order chi connectivity index (χ0) is 37.7. The molecule has 2 heterocycles. The fraction of sp³-hybridized carbons (Fsp3) is 0. The van der Waals surface area contributed by atoms with Gasteiger partial charge < -0.3 is 9.32 Å². The Morgan fingerprint density at radius 1 is 0.351 bits per heavy atom. The molecule has 0 atom stereocenters. The van der Waals surface area contributed by atoms with Crippen LogP contribution in [-0.2, 0) is 0 Å². The van der Waals surface area contributed by atoms with Crippen molar-refractivity contribution in [2.45, 2.75) is 0 Å². The first-order valence-electron chi connectivity index (χ1n) is 19.3. The van der Waals surface area contributed by atoms with Crippen molar-refractivity contribution in [3.63, 3.8) is 0 Å². The Balaban J connectivity index is 1.16. The van der Waals surface area contributed by atoms with Gasteiger partial charge in [0, 0.05) is 42.2 Å². The van der Waals surface area contributed by atoms with E-state index in [2.05, 4.69) is 211 Å². The van der Waals surface area contributed by atoms with Gasteiger partial charge in [0.1, 0.15) is 5.58 Å². The minimum absolute atomic E-state index is 0.852. The summed E-state index contributed by atoms with van der Waals surface area (Å²) in [7, 11) is 0. The molecule has 0 fully saturated rings. The molecule has 0 unspecified atom stereocenters. The molecule has 2 aromatic heterocycles. The lowest BCUT2D eigenvalue weighted by atomic mass is 9.87. The minimum Gasteiger partial charge on any atom is -0.454 e. The SMILES string of the molecule is c1ccc(-c2ccccc2-c2c(-c3ccccc3)cccc2N(c2ccc(-c3ccc4c(c3)sc3ccccc34)cc2)c2cccc3c2oc2ccccc23)cc1. The number of thiophene rings is 1. The van der Waals surface area contributed by atoms with Gasteiger partial charge in [-0.05, 0) is 81.4 Å². The Kier molecular flexibility index (Phi) is 8.04. The Hall–Kier alpha value is -7.20. The van der Waals surface area contributed by atoms with Crippen molar-refractivity contribution >= 4 is 70.5 Å². The van der Waals surface area contributed by atoms with Crippen LogP contribution in [0, 0.1) is 0 Å². The lowest BCUT2D eigenvalue weighted by Crippen LogP contribution is -2.12. The summed E-state index contributed by atoms with van der Waals surface area (Å²) in [5.74, 6) is 0. The summed E-state index contributed by atoms with van der Waals surface area (Å²) in [5.41, 5.74) is 14.2. The van der Waals surface area contributed by atoms with Crippen molar-refractivity contribution in [3.8, 4) is 44.5 Å². The van der Waals surface area contributed by atoms with E-state index in [1.807, 2.05) is 17.4 Å². The van der Waals surface area contributed by atoms with E-state index in [0.717, 1.165) is 61.3 Å². The van der Waals surface area contributed by atoms with Crippen LogP contribution in [0.25, 0.3) is 86.6 Å². The van der Waals surface area contributed by atoms with Gasteiger partial charge in [-0.3, -0.25) is 0 Å². The Bertz CT molecular complexity index is 3230. The molecule has 0 N–H and O–H groups in total. The molecule has 0 amide bonds. The van der Waals surface area contributed by atoms with Crippen LogP contribution in [0.2, 0.25) is 0 Å².